The monoisotopic (exact) mass is 269 g/mol. The Labute approximate surface area is 108 Å². The second-order valence-corrected chi connectivity index (χ2v) is 6.44. The number of hydrogen-bond acceptors (Lipinski definition) is 4. The average Bonchev–Trinajstić information content (AvgIpc) is 3.12. The highest BCUT2D eigenvalue weighted by Gasteiger charge is 2.27. The van der Waals surface area contributed by atoms with Crippen molar-refractivity contribution in [2.75, 3.05) is 12.4 Å². The van der Waals surface area contributed by atoms with Crippen LogP contribution in [0, 0.1) is 5.92 Å². The molecule has 0 bridgehead atoms. The summed E-state index contributed by atoms with van der Waals surface area (Å²) in [6, 6.07) is 3.36. The summed E-state index contributed by atoms with van der Waals surface area (Å²) in [6.07, 6.45) is 4.83. The molecule has 2 rings (SSSR count). The van der Waals surface area contributed by atoms with Crippen molar-refractivity contribution in [3.63, 3.8) is 0 Å². The third-order valence-corrected chi connectivity index (χ3v) is 4.58. The van der Waals surface area contributed by atoms with Crippen molar-refractivity contribution >= 4 is 15.7 Å². The van der Waals surface area contributed by atoms with Gasteiger partial charge in [0.2, 0.25) is 0 Å². The van der Waals surface area contributed by atoms with Gasteiger partial charge in [-0.25, -0.2) is 18.1 Å². The number of pyridine rings is 1. The fraction of sp³-hybridized carbons (Fsp3) is 0.583. The smallest absolute Gasteiger partial charge is 0.260 e. The topological polar surface area (TPSA) is 71.1 Å². The van der Waals surface area contributed by atoms with Crippen molar-refractivity contribution in [2.45, 2.75) is 37.3 Å². The molecule has 0 amide bonds. The Hall–Kier alpha value is -1.14. The number of aromatic nitrogens is 1. The first kappa shape index (κ1) is 13.3. The Kier molecular flexibility index (Phi) is 3.87. The van der Waals surface area contributed by atoms with E-state index >= 15 is 0 Å². The van der Waals surface area contributed by atoms with Crippen LogP contribution in [0.3, 0.4) is 0 Å². The van der Waals surface area contributed by atoms with Gasteiger partial charge in [0.05, 0.1) is 5.69 Å². The molecule has 100 valence electrons. The molecule has 1 fully saturated rings. The standard InChI is InChI=1S/C12H19N3O2S/c1-9(8-10-5-6-10)15-18(16,17)12-11(13-2)4-3-7-14-12/h3-4,7,9-10,13,15H,5-6,8H2,1-2H3. The summed E-state index contributed by atoms with van der Waals surface area (Å²) >= 11 is 0. The van der Waals surface area contributed by atoms with E-state index in [-0.39, 0.29) is 11.1 Å². The summed E-state index contributed by atoms with van der Waals surface area (Å²) in [5, 5.41) is 2.91. The number of nitrogens with zero attached hydrogens (tertiary/aromatic N) is 1. The minimum atomic E-state index is -3.54. The molecule has 0 aliphatic heterocycles. The van der Waals surface area contributed by atoms with Gasteiger partial charge in [-0.3, -0.25) is 0 Å². The Bertz CT molecular complexity index is 512. The van der Waals surface area contributed by atoms with Gasteiger partial charge in [-0.05, 0) is 31.4 Å². The van der Waals surface area contributed by atoms with Crippen molar-refractivity contribution in [1.29, 1.82) is 0 Å². The van der Waals surface area contributed by atoms with Crippen LogP contribution in [-0.2, 0) is 10.0 Å². The van der Waals surface area contributed by atoms with E-state index in [1.807, 2.05) is 6.92 Å². The van der Waals surface area contributed by atoms with Gasteiger partial charge < -0.3 is 5.32 Å². The van der Waals surface area contributed by atoms with E-state index in [0.717, 1.165) is 6.42 Å². The molecule has 1 aromatic rings. The summed E-state index contributed by atoms with van der Waals surface area (Å²) in [7, 11) is -1.86. The van der Waals surface area contributed by atoms with Gasteiger partial charge in [0, 0.05) is 19.3 Å². The first-order valence-corrected chi connectivity index (χ1v) is 7.66. The lowest BCUT2D eigenvalue weighted by atomic mass is 10.2. The zero-order chi connectivity index (χ0) is 13.2. The Morgan fingerprint density at radius 2 is 2.22 bits per heavy atom. The quantitative estimate of drug-likeness (QED) is 0.822. The highest BCUT2D eigenvalue weighted by atomic mass is 32.2. The van der Waals surface area contributed by atoms with Crippen LogP contribution in [-0.4, -0.2) is 26.5 Å². The number of sulfonamides is 1. The fourth-order valence-electron chi connectivity index (χ4n) is 2.02. The van der Waals surface area contributed by atoms with Crippen LogP contribution in [0.15, 0.2) is 23.4 Å². The van der Waals surface area contributed by atoms with Crippen molar-refractivity contribution in [3.05, 3.63) is 18.3 Å². The second kappa shape index (κ2) is 5.24. The maximum absolute atomic E-state index is 12.2. The third-order valence-electron chi connectivity index (χ3n) is 3.04. The minimum absolute atomic E-state index is 0.0470. The zero-order valence-electron chi connectivity index (χ0n) is 10.7. The molecule has 2 N–H and O–H groups in total. The molecular formula is C12H19N3O2S. The first-order valence-electron chi connectivity index (χ1n) is 6.18. The van der Waals surface area contributed by atoms with Crippen LogP contribution in [0.2, 0.25) is 0 Å². The summed E-state index contributed by atoms with van der Waals surface area (Å²) in [5.74, 6) is 0.690. The Morgan fingerprint density at radius 1 is 1.50 bits per heavy atom. The molecule has 0 radical (unpaired) electrons. The molecule has 1 heterocycles. The molecule has 1 aliphatic rings. The predicted molar refractivity (Wildman–Crippen MR) is 70.9 cm³/mol. The van der Waals surface area contributed by atoms with Crippen LogP contribution in [0.1, 0.15) is 26.2 Å². The van der Waals surface area contributed by atoms with E-state index in [9.17, 15) is 8.42 Å². The Morgan fingerprint density at radius 3 is 2.83 bits per heavy atom. The molecule has 1 unspecified atom stereocenters. The number of nitrogens with one attached hydrogen (secondary N) is 2. The Balaban J connectivity index is 2.13. The molecule has 1 aromatic heterocycles. The molecular weight excluding hydrogens is 250 g/mol. The molecule has 0 saturated heterocycles. The van der Waals surface area contributed by atoms with Crippen LogP contribution in [0.4, 0.5) is 5.69 Å². The van der Waals surface area contributed by atoms with Gasteiger partial charge in [-0.15, -0.1) is 0 Å². The highest BCUT2D eigenvalue weighted by molar-refractivity contribution is 7.89. The molecule has 18 heavy (non-hydrogen) atoms. The second-order valence-electron chi connectivity index (χ2n) is 4.81. The highest BCUT2D eigenvalue weighted by Crippen LogP contribution is 2.33. The molecule has 1 saturated carbocycles. The van der Waals surface area contributed by atoms with Crippen molar-refractivity contribution in [1.82, 2.24) is 9.71 Å². The van der Waals surface area contributed by atoms with Crippen molar-refractivity contribution in [2.24, 2.45) is 5.92 Å². The lowest BCUT2D eigenvalue weighted by Gasteiger charge is -2.15. The van der Waals surface area contributed by atoms with Crippen molar-refractivity contribution < 1.29 is 8.42 Å². The fourth-order valence-corrected chi connectivity index (χ4v) is 3.41. The maximum Gasteiger partial charge on any atom is 0.260 e. The number of hydrogen-bond donors (Lipinski definition) is 2. The van der Waals surface area contributed by atoms with Gasteiger partial charge in [0.15, 0.2) is 5.03 Å². The van der Waals surface area contributed by atoms with Gasteiger partial charge in [0.1, 0.15) is 0 Å². The van der Waals surface area contributed by atoms with Gasteiger partial charge in [-0.2, -0.15) is 0 Å². The molecule has 1 atom stereocenters. The maximum atomic E-state index is 12.2. The largest absolute Gasteiger partial charge is 0.386 e. The lowest BCUT2D eigenvalue weighted by Crippen LogP contribution is -2.33. The van der Waals surface area contributed by atoms with E-state index < -0.39 is 10.0 Å². The minimum Gasteiger partial charge on any atom is -0.386 e. The number of anilines is 1. The predicted octanol–water partition coefficient (Wildman–Crippen LogP) is 1.59. The van der Waals surface area contributed by atoms with E-state index in [2.05, 4.69) is 15.0 Å². The van der Waals surface area contributed by atoms with Crippen molar-refractivity contribution in [3.8, 4) is 0 Å². The molecule has 6 heteroatoms. The summed E-state index contributed by atoms with van der Waals surface area (Å²) in [6.45, 7) is 1.90. The van der Waals surface area contributed by atoms with E-state index in [0.29, 0.717) is 11.6 Å². The average molecular weight is 269 g/mol. The van der Waals surface area contributed by atoms with Crippen LogP contribution >= 0.6 is 0 Å². The number of rotatable bonds is 6. The molecule has 1 aliphatic carbocycles. The van der Waals surface area contributed by atoms with E-state index in [4.69, 9.17) is 0 Å². The third kappa shape index (κ3) is 3.20. The van der Waals surface area contributed by atoms with Gasteiger partial charge >= 0.3 is 0 Å². The normalized spacial score (nSPS) is 17.4. The van der Waals surface area contributed by atoms with E-state index in [1.54, 1.807) is 19.2 Å². The van der Waals surface area contributed by atoms with Crippen LogP contribution < -0.4 is 10.0 Å². The molecule has 0 aromatic carbocycles. The first-order chi connectivity index (χ1) is 8.53. The SMILES string of the molecule is CNc1cccnc1S(=O)(=O)NC(C)CC1CC1. The molecule has 0 spiro atoms. The summed E-state index contributed by atoms with van der Waals surface area (Å²) in [5.41, 5.74) is 0.517. The van der Waals surface area contributed by atoms with Gasteiger partial charge in [-0.1, -0.05) is 12.8 Å². The zero-order valence-corrected chi connectivity index (χ0v) is 11.5. The lowest BCUT2D eigenvalue weighted by molar-refractivity contribution is 0.528. The summed E-state index contributed by atoms with van der Waals surface area (Å²) in [4.78, 5) is 3.96. The summed E-state index contributed by atoms with van der Waals surface area (Å²) < 4.78 is 27.1. The van der Waals surface area contributed by atoms with Crippen LogP contribution in [0.5, 0.6) is 0 Å². The molecule has 5 nitrogen and oxygen atoms in total. The van der Waals surface area contributed by atoms with Gasteiger partial charge in [0.25, 0.3) is 10.0 Å². The van der Waals surface area contributed by atoms with Crippen LogP contribution in [0.25, 0.3) is 0 Å². The van der Waals surface area contributed by atoms with E-state index in [1.165, 1.54) is 19.0 Å².